The van der Waals surface area contributed by atoms with Gasteiger partial charge in [0.05, 0.1) is 24.7 Å². The topological polar surface area (TPSA) is 85.9 Å². The fourth-order valence-electron chi connectivity index (χ4n) is 2.35. The Morgan fingerprint density at radius 2 is 2.14 bits per heavy atom. The molecule has 3 rings (SSSR count). The molecule has 0 radical (unpaired) electrons. The molecule has 2 aliphatic rings. The molecule has 0 atom stereocenters. The van der Waals surface area contributed by atoms with Crippen LogP contribution in [-0.4, -0.2) is 40.5 Å². The summed E-state index contributed by atoms with van der Waals surface area (Å²) in [6.45, 7) is 0.641. The van der Waals surface area contributed by atoms with E-state index in [-0.39, 0.29) is 0 Å². The Hall–Kier alpha value is -2.99. The highest BCUT2D eigenvalue weighted by atomic mass is 16.7. The average molecular weight is 281 g/mol. The summed E-state index contributed by atoms with van der Waals surface area (Å²) in [6.07, 6.45) is -0.432. The highest BCUT2D eigenvalue weighted by Crippen LogP contribution is 2.33. The Morgan fingerprint density at radius 1 is 1.38 bits per heavy atom. The quantitative estimate of drug-likeness (QED) is 0.729. The van der Waals surface area contributed by atoms with Crippen LogP contribution >= 0.6 is 0 Å². The SMILES string of the molecule is N#Cc1cccc(C#CC2=NOC3(C2)CN(C(=O)O)C3)c1. The van der Waals surface area contributed by atoms with Crippen LogP contribution < -0.4 is 0 Å². The van der Waals surface area contributed by atoms with Gasteiger partial charge in [-0.2, -0.15) is 5.26 Å². The fraction of sp³-hybridized carbons (Fsp3) is 0.267. The number of benzene rings is 1. The van der Waals surface area contributed by atoms with Crippen LogP contribution in [0.15, 0.2) is 29.4 Å². The number of hydrogen-bond donors (Lipinski definition) is 1. The third-order valence-electron chi connectivity index (χ3n) is 3.41. The van der Waals surface area contributed by atoms with Gasteiger partial charge in [0.25, 0.3) is 0 Å². The van der Waals surface area contributed by atoms with Gasteiger partial charge in [-0.05, 0) is 24.1 Å². The predicted octanol–water partition coefficient (Wildman–Crippen LogP) is 1.42. The molecule has 0 saturated carbocycles. The second kappa shape index (κ2) is 4.84. The number of amides is 1. The van der Waals surface area contributed by atoms with E-state index in [9.17, 15) is 4.79 Å². The number of oxime groups is 1. The first-order valence-electron chi connectivity index (χ1n) is 6.35. The Kier molecular flexibility index (Phi) is 3.00. The highest BCUT2D eigenvalue weighted by molar-refractivity contribution is 6.02. The number of rotatable bonds is 0. The van der Waals surface area contributed by atoms with Crippen molar-refractivity contribution >= 4 is 11.8 Å². The molecule has 1 saturated heterocycles. The van der Waals surface area contributed by atoms with E-state index < -0.39 is 11.7 Å². The molecular weight excluding hydrogens is 270 g/mol. The summed E-state index contributed by atoms with van der Waals surface area (Å²) in [5.74, 6) is 5.86. The highest BCUT2D eigenvalue weighted by Gasteiger charge is 2.51. The first-order valence-corrected chi connectivity index (χ1v) is 6.35. The smallest absolute Gasteiger partial charge is 0.407 e. The number of hydrogen-bond acceptors (Lipinski definition) is 4. The molecule has 1 aromatic rings. The van der Waals surface area contributed by atoms with Gasteiger partial charge in [0, 0.05) is 12.0 Å². The first kappa shape index (κ1) is 13.0. The van der Waals surface area contributed by atoms with Crippen LogP contribution in [0.3, 0.4) is 0 Å². The summed E-state index contributed by atoms with van der Waals surface area (Å²) in [5.41, 5.74) is 1.36. The molecule has 0 bridgehead atoms. The lowest BCUT2D eigenvalue weighted by atomic mass is 9.89. The Morgan fingerprint density at radius 3 is 2.86 bits per heavy atom. The van der Waals surface area contributed by atoms with E-state index in [0.29, 0.717) is 30.8 Å². The van der Waals surface area contributed by atoms with Gasteiger partial charge >= 0.3 is 6.09 Å². The molecule has 1 amide bonds. The number of nitrogens with zero attached hydrogens (tertiary/aromatic N) is 3. The maximum absolute atomic E-state index is 10.8. The lowest BCUT2D eigenvalue weighted by molar-refractivity contribution is -0.113. The van der Waals surface area contributed by atoms with Crippen molar-refractivity contribution in [2.24, 2.45) is 5.16 Å². The van der Waals surface area contributed by atoms with Gasteiger partial charge in [-0.3, -0.25) is 4.90 Å². The van der Waals surface area contributed by atoms with Crippen molar-refractivity contribution in [2.75, 3.05) is 13.1 Å². The van der Waals surface area contributed by atoms with Crippen molar-refractivity contribution in [1.29, 1.82) is 5.26 Å². The van der Waals surface area contributed by atoms with E-state index in [4.69, 9.17) is 15.2 Å². The van der Waals surface area contributed by atoms with Crippen LogP contribution in [0.1, 0.15) is 17.5 Å². The molecule has 1 fully saturated rings. The van der Waals surface area contributed by atoms with Crippen molar-refractivity contribution in [1.82, 2.24) is 4.90 Å². The largest absolute Gasteiger partial charge is 0.465 e. The van der Waals surface area contributed by atoms with Crippen molar-refractivity contribution in [3.05, 3.63) is 35.4 Å². The molecule has 2 aliphatic heterocycles. The van der Waals surface area contributed by atoms with Crippen LogP contribution in [-0.2, 0) is 4.84 Å². The third-order valence-corrected chi connectivity index (χ3v) is 3.41. The second-order valence-electron chi connectivity index (χ2n) is 5.07. The van der Waals surface area contributed by atoms with Gasteiger partial charge in [-0.25, -0.2) is 4.79 Å². The third kappa shape index (κ3) is 2.52. The van der Waals surface area contributed by atoms with Crippen molar-refractivity contribution < 1.29 is 14.7 Å². The minimum atomic E-state index is -0.947. The molecule has 0 aliphatic carbocycles. The summed E-state index contributed by atoms with van der Waals surface area (Å²) in [7, 11) is 0. The van der Waals surface area contributed by atoms with Crippen molar-refractivity contribution in [3.63, 3.8) is 0 Å². The van der Waals surface area contributed by atoms with E-state index in [0.717, 1.165) is 5.56 Å². The number of nitriles is 1. The fourth-order valence-corrected chi connectivity index (χ4v) is 2.35. The predicted molar refractivity (Wildman–Crippen MR) is 73.5 cm³/mol. The van der Waals surface area contributed by atoms with E-state index in [1.165, 1.54) is 4.90 Å². The lowest BCUT2D eigenvalue weighted by Gasteiger charge is -2.43. The minimum absolute atomic E-state index is 0.320. The van der Waals surface area contributed by atoms with Gasteiger partial charge < -0.3 is 9.94 Å². The van der Waals surface area contributed by atoms with Gasteiger partial charge in [0.2, 0.25) is 0 Å². The van der Waals surface area contributed by atoms with Gasteiger partial charge in [-0.1, -0.05) is 17.1 Å². The molecular formula is C15H11N3O3. The molecule has 1 spiro atoms. The van der Waals surface area contributed by atoms with Gasteiger partial charge in [-0.15, -0.1) is 0 Å². The van der Waals surface area contributed by atoms with E-state index in [1.807, 2.05) is 6.07 Å². The summed E-state index contributed by atoms with van der Waals surface area (Å²) in [5, 5.41) is 21.6. The maximum Gasteiger partial charge on any atom is 0.407 e. The normalized spacial score (nSPS) is 17.9. The zero-order valence-electron chi connectivity index (χ0n) is 11.0. The van der Waals surface area contributed by atoms with Crippen LogP contribution in [0.5, 0.6) is 0 Å². The molecule has 1 aromatic carbocycles. The standard InChI is InChI=1S/C15H11N3O3/c16-8-12-3-1-2-11(6-12)4-5-13-7-15(21-17-13)9-18(10-15)14(19)20/h1-3,6H,7,9-10H2,(H,19,20). The van der Waals surface area contributed by atoms with Crippen LogP contribution in [0, 0.1) is 23.2 Å². The summed E-state index contributed by atoms with van der Waals surface area (Å²) in [4.78, 5) is 17.4. The van der Waals surface area contributed by atoms with E-state index in [2.05, 4.69) is 23.1 Å². The molecule has 104 valence electrons. The summed E-state index contributed by atoms with van der Waals surface area (Å²) in [6, 6.07) is 9.06. The van der Waals surface area contributed by atoms with E-state index >= 15 is 0 Å². The average Bonchev–Trinajstić information content (AvgIpc) is 2.88. The minimum Gasteiger partial charge on any atom is -0.465 e. The van der Waals surface area contributed by atoms with Gasteiger partial charge in [0.1, 0.15) is 5.71 Å². The van der Waals surface area contributed by atoms with Gasteiger partial charge in [0.15, 0.2) is 5.60 Å². The van der Waals surface area contributed by atoms with Crippen LogP contribution in [0.4, 0.5) is 4.79 Å². The monoisotopic (exact) mass is 281 g/mol. The molecule has 0 unspecified atom stereocenters. The second-order valence-corrected chi connectivity index (χ2v) is 5.07. The van der Waals surface area contributed by atoms with E-state index in [1.54, 1.807) is 18.2 Å². The first-order chi connectivity index (χ1) is 10.1. The summed E-state index contributed by atoms with van der Waals surface area (Å²) < 4.78 is 0. The molecule has 6 nitrogen and oxygen atoms in total. The Balaban J connectivity index is 1.65. The molecule has 0 aromatic heterocycles. The lowest BCUT2D eigenvalue weighted by Crippen LogP contribution is -2.63. The number of likely N-dealkylation sites (tertiary alicyclic amines) is 1. The molecule has 2 heterocycles. The molecule has 6 heteroatoms. The Bertz CT molecular complexity index is 731. The summed E-state index contributed by atoms with van der Waals surface area (Å²) >= 11 is 0. The zero-order chi connectivity index (χ0) is 14.9. The number of carbonyl (C=O) groups is 1. The van der Waals surface area contributed by atoms with Crippen molar-refractivity contribution in [2.45, 2.75) is 12.0 Å². The van der Waals surface area contributed by atoms with Crippen molar-refractivity contribution in [3.8, 4) is 17.9 Å². The zero-order valence-corrected chi connectivity index (χ0v) is 11.0. The molecule has 1 N–H and O–H groups in total. The maximum atomic E-state index is 10.8. The van der Waals surface area contributed by atoms with Crippen LogP contribution in [0.2, 0.25) is 0 Å². The Labute approximate surface area is 121 Å². The van der Waals surface area contributed by atoms with Crippen LogP contribution in [0.25, 0.3) is 0 Å². The number of carboxylic acid groups (broad SMARTS) is 1. The molecule has 21 heavy (non-hydrogen) atoms.